The predicted molar refractivity (Wildman–Crippen MR) is 76.9 cm³/mol. The van der Waals surface area contributed by atoms with E-state index in [1.165, 1.54) is 15.3 Å². The first-order chi connectivity index (χ1) is 8.20. The Bertz CT molecular complexity index is 505. The number of aryl methyl sites for hydroxylation is 1. The molecule has 1 N–H and O–H groups in total. The van der Waals surface area contributed by atoms with Crippen LogP contribution in [0.3, 0.4) is 0 Å². The van der Waals surface area contributed by atoms with Gasteiger partial charge in [-0.1, -0.05) is 30.7 Å². The molecule has 0 aliphatic heterocycles. The lowest BCUT2D eigenvalue weighted by Gasteiger charge is -2.02. The van der Waals surface area contributed by atoms with Crippen LogP contribution in [-0.4, -0.2) is 6.54 Å². The molecule has 1 aromatic heterocycles. The van der Waals surface area contributed by atoms with Crippen molar-refractivity contribution in [1.29, 1.82) is 0 Å². The van der Waals surface area contributed by atoms with Gasteiger partial charge < -0.3 is 5.32 Å². The van der Waals surface area contributed by atoms with Crippen LogP contribution in [0, 0.1) is 6.92 Å². The summed E-state index contributed by atoms with van der Waals surface area (Å²) in [5.41, 5.74) is 2.33. The lowest BCUT2D eigenvalue weighted by atomic mass is 10.1. The fourth-order valence-electron chi connectivity index (χ4n) is 1.69. The highest BCUT2D eigenvalue weighted by Crippen LogP contribution is 2.33. The van der Waals surface area contributed by atoms with E-state index in [0.717, 1.165) is 23.7 Å². The predicted octanol–water partition coefficient (Wildman–Crippen LogP) is 4.49. The van der Waals surface area contributed by atoms with Crippen molar-refractivity contribution in [2.75, 3.05) is 6.54 Å². The first kappa shape index (κ1) is 12.6. The summed E-state index contributed by atoms with van der Waals surface area (Å²) in [6, 6.07) is 10.5. The summed E-state index contributed by atoms with van der Waals surface area (Å²) in [5, 5.41) is 4.17. The number of halogens is 1. The minimum Gasteiger partial charge on any atom is -0.312 e. The van der Waals surface area contributed by atoms with E-state index in [1.807, 2.05) is 6.07 Å². The average molecular weight is 266 g/mol. The normalized spacial score (nSPS) is 10.8. The molecule has 0 saturated carbocycles. The Kier molecular flexibility index (Phi) is 4.21. The molecule has 0 spiro atoms. The highest BCUT2D eigenvalue weighted by atomic mass is 35.5. The number of hydrogen-bond acceptors (Lipinski definition) is 2. The van der Waals surface area contributed by atoms with Crippen molar-refractivity contribution in [1.82, 2.24) is 5.32 Å². The van der Waals surface area contributed by atoms with Gasteiger partial charge in [0, 0.05) is 26.9 Å². The zero-order valence-electron chi connectivity index (χ0n) is 10.1. The van der Waals surface area contributed by atoms with Crippen LogP contribution < -0.4 is 5.32 Å². The van der Waals surface area contributed by atoms with E-state index in [2.05, 4.69) is 43.4 Å². The van der Waals surface area contributed by atoms with E-state index in [1.54, 1.807) is 11.3 Å². The summed E-state index contributed by atoms with van der Waals surface area (Å²) >= 11 is 8.07. The molecule has 17 heavy (non-hydrogen) atoms. The van der Waals surface area contributed by atoms with Gasteiger partial charge in [-0.2, -0.15) is 0 Å². The highest BCUT2D eigenvalue weighted by molar-refractivity contribution is 7.15. The molecule has 0 amide bonds. The maximum absolute atomic E-state index is 6.27. The molecule has 2 rings (SSSR count). The van der Waals surface area contributed by atoms with Crippen molar-refractivity contribution < 1.29 is 0 Å². The molecule has 0 atom stereocenters. The number of benzene rings is 1. The Morgan fingerprint density at radius 1 is 1.24 bits per heavy atom. The minimum absolute atomic E-state index is 0.835. The number of nitrogens with one attached hydrogen (secondary N) is 1. The van der Waals surface area contributed by atoms with E-state index >= 15 is 0 Å². The smallest absolute Gasteiger partial charge is 0.0495 e. The monoisotopic (exact) mass is 265 g/mol. The van der Waals surface area contributed by atoms with Crippen molar-refractivity contribution >= 4 is 22.9 Å². The molecular formula is C14H16ClNS. The van der Waals surface area contributed by atoms with Gasteiger partial charge in [0.15, 0.2) is 0 Å². The summed E-state index contributed by atoms with van der Waals surface area (Å²) in [7, 11) is 0. The third-order valence-electron chi connectivity index (χ3n) is 2.60. The third kappa shape index (κ3) is 3.09. The Morgan fingerprint density at radius 3 is 2.76 bits per heavy atom. The van der Waals surface area contributed by atoms with E-state index in [0.29, 0.717) is 0 Å². The lowest BCUT2D eigenvalue weighted by Crippen LogP contribution is -2.10. The van der Waals surface area contributed by atoms with Gasteiger partial charge in [-0.25, -0.2) is 0 Å². The summed E-state index contributed by atoms with van der Waals surface area (Å²) in [6.07, 6.45) is 0. The standard InChI is InChI=1S/C14H16ClNS/c1-3-16-9-11-5-7-14(17-11)12-6-4-10(2)8-13(12)15/h4-8,16H,3,9H2,1-2H3. The summed E-state index contributed by atoms with van der Waals surface area (Å²) in [5.74, 6) is 0. The Morgan fingerprint density at radius 2 is 2.06 bits per heavy atom. The quantitative estimate of drug-likeness (QED) is 0.859. The van der Waals surface area contributed by atoms with Gasteiger partial charge in [0.1, 0.15) is 0 Å². The SMILES string of the molecule is CCNCc1ccc(-c2ccc(C)cc2Cl)s1. The molecule has 1 nitrogen and oxygen atoms in total. The number of thiophene rings is 1. The molecule has 3 heteroatoms. The van der Waals surface area contributed by atoms with E-state index in [4.69, 9.17) is 11.6 Å². The first-order valence-corrected chi connectivity index (χ1v) is 6.96. The molecule has 0 aliphatic rings. The zero-order chi connectivity index (χ0) is 12.3. The second kappa shape index (κ2) is 5.67. The summed E-state index contributed by atoms with van der Waals surface area (Å²) in [6.45, 7) is 6.11. The van der Waals surface area contributed by atoms with Gasteiger partial charge >= 0.3 is 0 Å². The van der Waals surface area contributed by atoms with Crippen molar-refractivity contribution in [3.63, 3.8) is 0 Å². The summed E-state index contributed by atoms with van der Waals surface area (Å²) < 4.78 is 0. The van der Waals surface area contributed by atoms with E-state index in [9.17, 15) is 0 Å². The topological polar surface area (TPSA) is 12.0 Å². The van der Waals surface area contributed by atoms with Crippen molar-refractivity contribution in [3.05, 3.63) is 45.8 Å². The lowest BCUT2D eigenvalue weighted by molar-refractivity contribution is 0.735. The van der Waals surface area contributed by atoms with Crippen LogP contribution in [0.2, 0.25) is 5.02 Å². The molecule has 0 saturated heterocycles. The molecule has 0 aliphatic carbocycles. The van der Waals surface area contributed by atoms with Crippen LogP contribution in [0.1, 0.15) is 17.4 Å². The fraction of sp³-hybridized carbons (Fsp3) is 0.286. The van der Waals surface area contributed by atoms with Crippen LogP contribution in [0.4, 0.5) is 0 Å². The summed E-state index contributed by atoms with van der Waals surface area (Å²) in [4.78, 5) is 2.58. The van der Waals surface area contributed by atoms with Crippen LogP contribution in [0.25, 0.3) is 10.4 Å². The van der Waals surface area contributed by atoms with Crippen LogP contribution >= 0.6 is 22.9 Å². The number of rotatable bonds is 4. The van der Waals surface area contributed by atoms with Crippen molar-refractivity contribution in [3.8, 4) is 10.4 Å². The average Bonchev–Trinajstić information content (AvgIpc) is 2.75. The van der Waals surface area contributed by atoms with Crippen LogP contribution in [0.15, 0.2) is 30.3 Å². The molecular weight excluding hydrogens is 250 g/mol. The molecule has 1 heterocycles. The van der Waals surface area contributed by atoms with Gasteiger partial charge in [-0.15, -0.1) is 11.3 Å². The van der Waals surface area contributed by atoms with Crippen molar-refractivity contribution in [2.45, 2.75) is 20.4 Å². The number of hydrogen-bond donors (Lipinski definition) is 1. The third-order valence-corrected chi connectivity index (χ3v) is 4.03. The maximum atomic E-state index is 6.27. The molecule has 0 fully saturated rings. The molecule has 2 aromatic rings. The van der Waals surface area contributed by atoms with Gasteiger partial charge in [-0.05, 0) is 37.2 Å². The van der Waals surface area contributed by atoms with Crippen LogP contribution in [-0.2, 0) is 6.54 Å². The van der Waals surface area contributed by atoms with Gasteiger partial charge in [-0.3, -0.25) is 0 Å². The van der Waals surface area contributed by atoms with Gasteiger partial charge in [0.2, 0.25) is 0 Å². The highest BCUT2D eigenvalue weighted by Gasteiger charge is 2.06. The van der Waals surface area contributed by atoms with E-state index < -0.39 is 0 Å². The van der Waals surface area contributed by atoms with E-state index in [-0.39, 0.29) is 0 Å². The van der Waals surface area contributed by atoms with Gasteiger partial charge in [0.05, 0.1) is 0 Å². The minimum atomic E-state index is 0.835. The Balaban J connectivity index is 2.24. The largest absolute Gasteiger partial charge is 0.312 e. The van der Waals surface area contributed by atoms with Crippen molar-refractivity contribution in [2.24, 2.45) is 0 Å². The molecule has 0 unspecified atom stereocenters. The Labute approximate surface area is 111 Å². The first-order valence-electron chi connectivity index (χ1n) is 5.76. The molecule has 1 aromatic carbocycles. The van der Waals surface area contributed by atoms with Crippen LogP contribution in [0.5, 0.6) is 0 Å². The second-order valence-electron chi connectivity index (χ2n) is 4.03. The maximum Gasteiger partial charge on any atom is 0.0495 e. The second-order valence-corrected chi connectivity index (χ2v) is 5.61. The zero-order valence-corrected chi connectivity index (χ0v) is 11.7. The molecule has 90 valence electrons. The molecule has 0 radical (unpaired) electrons. The Hall–Kier alpha value is -0.830. The van der Waals surface area contributed by atoms with Gasteiger partial charge in [0.25, 0.3) is 0 Å². The fourth-order valence-corrected chi connectivity index (χ4v) is 3.10. The molecule has 0 bridgehead atoms.